The van der Waals surface area contributed by atoms with Gasteiger partial charge in [0.2, 0.25) is 11.8 Å². The number of carbonyl (C=O) groups is 3. The molecule has 0 radical (unpaired) electrons. The van der Waals surface area contributed by atoms with Crippen molar-refractivity contribution in [1.29, 1.82) is 0 Å². The summed E-state index contributed by atoms with van der Waals surface area (Å²) in [6.07, 6.45) is 0. The summed E-state index contributed by atoms with van der Waals surface area (Å²) in [5, 5.41) is 13.2. The van der Waals surface area contributed by atoms with Crippen LogP contribution in [0.15, 0.2) is 30.3 Å². The Labute approximate surface area is 222 Å². The molecule has 14 heteroatoms. The molecule has 2 aliphatic heterocycles. The molecule has 2 heterocycles. The van der Waals surface area contributed by atoms with Crippen LogP contribution in [0.2, 0.25) is 0 Å². The fourth-order valence-electron chi connectivity index (χ4n) is 3.43. The number of carbonyl (C=O) groups excluding carboxylic acids is 3. The molecular formula is C16H17N3Na2O7S2. The molecule has 0 aliphatic carbocycles. The molecule has 152 valence electrons. The SMILES string of the molecule is CC1(C)S[C@@H]2[C@H](NC(=O)[C@H](NS(=O)(=O)[O-])c3ccccc3)C(=O)N2[C@H]1C(=O)[O-].[Na+].[Na+]. The van der Waals surface area contributed by atoms with E-state index in [0.29, 0.717) is 0 Å². The third kappa shape index (κ3) is 5.61. The molecule has 10 nitrogen and oxygen atoms in total. The van der Waals surface area contributed by atoms with Crippen molar-refractivity contribution in [1.82, 2.24) is 14.9 Å². The summed E-state index contributed by atoms with van der Waals surface area (Å²) < 4.78 is 34.3. The maximum Gasteiger partial charge on any atom is 1.00 e. The second-order valence-corrected chi connectivity index (χ2v) is 9.90. The number of hydrogen-bond donors (Lipinski definition) is 2. The predicted molar refractivity (Wildman–Crippen MR) is 95.0 cm³/mol. The average Bonchev–Trinajstić information content (AvgIpc) is 2.85. The van der Waals surface area contributed by atoms with Gasteiger partial charge in [0.05, 0.1) is 12.0 Å². The molecule has 3 rings (SSSR count). The van der Waals surface area contributed by atoms with Gasteiger partial charge in [-0.1, -0.05) is 30.3 Å². The molecule has 0 saturated carbocycles. The van der Waals surface area contributed by atoms with Crippen LogP contribution in [0.25, 0.3) is 0 Å². The molecule has 1 aromatic carbocycles. The number of nitrogens with zero attached hydrogens (tertiary/aromatic N) is 1. The van der Waals surface area contributed by atoms with Crippen LogP contribution in [0.3, 0.4) is 0 Å². The van der Waals surface area contributed by atoms with E-state index in [1.807, 2.05) is 0 Å². The molecule has 2 N–H and O–H groups in total. The van der Waals surface area contributed by atoms with Gasteiger partial charge in [-0.15, -0.1) is 11.8 Å². The van der Waals surface area contributed by atoms with E-state index in [0.717, 1.165) is 4.90 Å². The first-order valence-electron chi connectivity index (χ1n) is 8.22. The van der Waals surface area contributed by atoms with Crippen molar-refractivity contribution >= 4 is 39.8 Å². The molecular weight excluding hydrogens is 456 g/mol. The smallest absolute Gasteiger partial charge is 0.735 e. The minimum atomic E-state index is -4.96. The van der Waals surface area contributed by atoms with Gasteiger partial charge in [0.1, 0.15) is 17.5 Å². The van der Waals surface area contributed by atoms with Crippen molar-refractivity contribution in [3.05, 3.63) is 35.9 Å². The Hall–Kier alpha value is -0.150. The fraction of sp³-hybridized carbons (Fsp3) is 0.438. The van der Waals surface area contributed by atoms with Gasteiger partial charge >= 0.3 is 59.1 Å². The number of carboxylic acids is 1. The van der Waals surface area contributed by atoms with Gasteiger partial charge in [-0.25, -0.2) is 13.1 Å². The van der Waals surface area contributed by atoms with Crippen LogP contribution in [0.5, 0.6) is 0 Å². The summed E-state index contributed by atoms with van der Waals surface area (Å²) >= 11 is 1.20. The predicted octanol–water partition coefficient (Wildman–Crippen LogP) is -7.92. The van der Waals surface area contributed by atoms with E-state index in [-0.39, 0.29) is 64.7 Å². The summed E-state index contributed by atoms with van der Waals surface area (Å²) in [6.45, 7) is 3.31. The Kier molecular flexibility index (Phi) is 9.48. The van der Waals surface area contributed by atoms with Gasteiger partial charge in [0.25, 0.3) is 0 Å². The molecule has 0 aromatic heterocycles. The van der Waals surface area contributed by atoms with E-state index in [1.165, 1.54) is 23.9 Å². The van der Waals surface area contributed by atoms with E-state index in [4.69, 9.17) is 0 Å². The number of nitrogens with one attached hydrogen (secondary N) is 2. The van der Waals surface area contributed by atoms with E-state index in [9.17, 15) is 32.5 Å². The second-order valence-electron chi connectivity index (χ2n) is 6.98. The van der Waals surface area contributed by atoms with Gasteiger partial charge in [-0.05, 0) is 19.4 Å². The Bertz CT molecular complexity index is 930. The fourth-order valence-corrected chi connectivity index (χ4v) is 5.58. The van der Waals surface area contributed by atoms with E-state index >= 15 is 0 Å². The second kappa shape index (κ2) is 10.2. The minimum Gasteiger partial charge on any atom is -0.735 e. The van der Waals surface area contributed by atoms with Gasteiger partial charge in [-0.3, -0.25) is 9.59 Å². The maximum absolute atomic E-state index is 12.6. The number of fused-ring (bicyclic) bond motifs is 1. The summed E-state index contributed by atoms with van der Waals surface area (Å²) in [5.41, 5.74) is 0.218. The molecule has 2 saturated heterocycles. The maximum atomic E-state index is 12.6. The van der Waals surface area contributed by atoms with E-state index < -0.39 is 56.3 Å². The van der Waals surface area contributed by atoms with Crippen molar-refractivity contribution < 1.29 is 91.6 Å². The van der Waals surface area contributed by atoms with E-state index in [1.54, 1.807) is 36.8 Å². The number of benzene rings is 1. The van der Waals surface area contributed by atoms with Crippen LogP contribution in [0.1, 0.15) is 25.5 Å². The zero-order valence-electron chi connectivity index (χ0n) is 16.8. The Morgan fingerprint density at radius 2 is 1.77 bits per heavy atom. The van der Waals surface area contributed by atoms with Gasteiger partial charge in [-0.2, -0.15) is 0 Å². The average molecular weight is 473 g/mol. The number of β-lactam (4-membered cyclic amide) rings is 1. The summed E-state index contributed by atoms with van der Waals surface area (Å²) in [6, 6.07) is 3.97. The largest absolute Gasteiger partial charge is 1.00 e. The first kappa shape index (κ1) is 27.9. The minimum absolute atomic E-state index is 0. The zero-order valence-corrected chi connectivity index (χ0v) is 22.5. The molecule has 2 amide bonds. The van der Waals surface area contributed by atoms with Gasteiger partial charge in [0.15, 0.2) is 10.3 Å². The molecule has 2 fully saturated rings. The molecule has 4 atom stereocenters. The van der Waals surface area contributed by atoms with Crippen LogP contribution < -0.4 is 74.3 Å². The van der Waals surface area contributed by atoms with Crippen LogP contribution in [0, 0.1) is 0 Å². The monoisotopic (exact) mass is 473 g/mol. The molecule has 1 aromatic rings. The van der Waals surface area contributed by atoms with Crippen LogP contribution >= 0.6 is 11.8 Å². The van der Waals surface area contributed by atoms with Crippen LogP contribution in [-0.4, -0.2) is 57.9 Å². The quantitative estimate of drug-likeness (QED) is 0.234. The number of aliphatic carboxylic acids is 1. The Balaban J connectivity index is 0.00000225. The summed E-state index contributed by atoms with van der Waals surface area (Å²) in [4.78, 5) is 37.6. The van der Waals surface area contributed by atoms with Crippen molar-refractivity contribution in [2.45, 2.75) is 42.1 Å². The van der Waals surface area contributed by atoms with E-state index in [2.05, 4.69) is 5.32 Å². The molecule has 30 heavy (non-hydrogen) atoms. The number of thioether (sulfide) groups is 1. The third-order valence-corrected chi connectivity index (χ3v) is 6.72. The van der Waals surface area contributed by atoms with Gasteiger partial charge in [0, 0.05) is 4.75 Å². The van der Waals surface area contributed by atoms with Crippen molar-refractivity contribution in [2.75, 3.05) is 0 Å². The molecule has 0 unspecified atom stereocenters. The first-order valence-corrected chi connectivity index (χ1v) is 10.5. The molecule has 2 aliphatic rings. The Morgan fingerprint density at radius 3 is 2.27 bits per heavy atom. The first-order chi connectivity index (χ1) is 12.9. The summed E-state index contributed by atoms with van der Waals surface area (Å²) in [5.74, 6) is -2.89. The van der Waals surface area contributed by atoms with Crippen molar-refractivity contribution in [3.8, 4) is 0 Å². The number of hydrogen-bond acceptors (Lipinski definition) is 8. The van der Waals surface area contributed by atoms with Crippen molar-refractivity contribution in [3.63, 3.8) is 0 Å². The number of carboxylic acid groups (broad SMARTS) is 1. The molecule has 0 spiro atoms. The van der Waals surface area contributed by atoms with Crippen LogP contribution in [-0.2, 0) is 24.7 Å². The van der Waals surface area contributed by atoms with Gasteiger partial charge < -0.3 is 24.7 Å². The number of rotatable bonds is 6. The summed E-state index contributed by atoms with van der Waals surface area (Å²) in [7, 11) is -4.96. The van der Waals surface area contributed by atoms with Crippen molar-refractivity contribution in [2.24, 2.45) is 0 Å². The zero-order chi connectivity index (χ0) is 20.9. The Morgan fingerprint density at radius 1 is 1.20 bits per heavy atom. The third-order valence-electron chi connectivity index (χ3n) is 4.62. The standard InChI is InChI=1S/C16H19N3O7S2.2Na/c1-16(2)11(15(22)23)19-13(21)10(14(19)27-16)17-12(20)9(18-28(24,25)26)8-6-4-3-5-7-8;;/h3-7,9-11,14,18H,1-2H3,(H,17,20)(H,22,23)(H,24,25,26);;/q;2*+1/p-2/t9-,10-,11+,14-;;/m1../s1. The van der Waals surface area contributed by atoms with Crippen LogP contribution in [0.4, 0.5) is 0 Å². The molecule has 0 bridgehead atoms. The topological polar surface area (TPSA) is 159 Å². The number of amides is 2. The normalized spacial score (nSPS) is 25.1.